The maximum atomic E-state index is 12.1. The molecule has 6 nitrogen and oxygen atoms in total. The van der Waals surface area contributed by atoms with Gasteiger partial charge in [0.2, 0.25) is 0 Å². The van der Waals surface area contributed by atoms with Crippen LogP contribution in [0.25, 0.3) is 0 Å². The third kappa shape index (κ3) is 5.20. The number of hydrogen-bond acceptors (Lipinski definition) is 6. The third-order valence-electron chi connectivity index (χ3n) is 3.41. The minimum Gasteiger partial charge on any atom is -0.486 e. The van der Waals surface area contributed by atoms with Crippen molar-refractivity contribution in [2.24, 2.45) is 0 Å². The lowest BCUT2D eigenvalue weighted by atomic mass is 10.1. The molecule has 0 saturated heterocycles. The molecule has 0 fully saturated rings. The van der Waals surface area contributed by atoms with Gasteiger partial charge in [-0.2, -0.15) is 0 Å². The summed E-state index contributed by atoms with van der Waals surface area (Å²) in [6.45, 7) is 3.91. The summed E-state index contributed by atoms with van der Waals surface area (Å²) in [5.74, 6) is -2.39. The molecule has 0 bridgehead atoms. The highest BCUT2D eigenvalue weighted by Gasteiger charge is 2.33. The van der Waals surface area contributed by atoms with Crippen molar-refractivity contribution >= 4 is 23.5 Å². The van der Waals surface area contributed by atoms with Gasteiger partial charge in [0.15, 0.2) is 16.8 Å². The van der Waals surface area contributed by atoms with Crippen molar-refractivity contribution < 1.29 is 23.8 Å². The molecule has 7 heteroatoms. The van der Waals surface area contributed by atoms with E-state index in [-0.39, 0.29) is 24.1 Å². The number of aromatic nitrogens is 1. The van der Waals surface area contributed by atoms with Crippen LogP contribution >= 0.6 is 11.6 Å². The summed E-state index contributed by atoms with van der Waals surface area (Å²) >= 11 is 6.16. The maximum Gasteiger partial charge on any atom is 0.326 e. The Kier molecular flexibility index (Phi) is 7.41. The predicted octanol–water partition coefficient (Wildman–Crippen LogP) is 3.52. The fraction of sp³-hybridized carbons (Fsp3) is 0.316. The monoisotopic (exact) mass is 377 g/mol. The molecule has 26 heavy (non-hydrogen) atoms. The molecule has 0 aliphatic heterocycles. The van der Waals surface area contributed by atoms with Crippen molar-refractivity contribution in [1.29, 1.82) is 0 Å². The van der Waals surface area contributed by atoms with E-state index in [9.17, 15) is 9.59 Å². The van der Waals surface area contributed by atoms with Crippen LogP contribution in [0.1, 0.15) is 31.0 Å². The second kappa shape index (κ2) is 9.77. The summed E-state index contributed by atoms with van der Waals surface area (Å²) < 4.78 is 15.5. The van der Waals surface area contributed by atoms with Gasteiger partial charge in [-0.1, -0.05) is 41.9 Å². The first-order valence-electron chi connectivity index (χ1n) is 8.23. The van der Waals surface area contributed by atoms with Crippen molar-refractivity contribution in [3.8, 4) is 5.75 Å². The fourth-order valence-corrected chi connectivity index (χ4v) is 2.44. The van der Waals surface area contributed by atoms with Crippen LogP contribution in [-0.4, -0.2) is 30.1 Å². The highest BCUT2D eigenvalue weighted by Crippen LogP contribution is 2.27. The number of ether oxygens (including phenoxy) is 3. The van der Waals surface area contributed by atoms with Crippen LogP contribution < -0.4 is 4.74 Å². The summed E-state index contributed by atoms with van der Waals surface area (Å²) in [7, 11) is 0. The SMILES string of the molecule is CCOC(=O)C(C(=O)OCC)c1ccc(OCc2ccccc2)c(Cl)n1. The Morgan fingerprint density at radius 1 is 1.00 bits per heavy atom. The summed E-state index contributed by atoms with van der Waals surface area (Å²) in [5, 5.41) is 0.0528. The second-order valence-electron chi connectivity index (χ2n) is 5.24. The number of rotatable bonds is 8. The van der Waals surface area contributed by atoms with Gasteiger partial charge in [0.05, 0.1) is 18.9 Å². The molecule has 0 atom stereocenters. The third-order valence-corrected chi connectivity index (χ3v) is 3.68. The van der Waals surface area contributed by atoms with Crippen molar-refractivity contribution in [1.82, 2.24) is 4.98 Å². The van der Waals surface area contributed by atoms with E-state index in [1.807, 2.05) is 30.3 Å². The fourth-order valence-electron chi connectivity index (χ4n) is 2.23. The van der Waals surface area contributed by atoms with Gasteiger partial charge in [0.25, 0.3) is 0 Å². The zero-order valence-electron chi connectivity index (χ0n) is 14.6. The summed E-state index contributed by atoms with van der Waals surface area (Å²) in [6, 6.07) is 12.7. The molecule has 0 saturated carbocycles. The number of carbonyl (C=O) groups is 2. The van der Waals surface area contributed by atoms with Crippen LogP contribution in [0.3, 0.4) is 0 Å². The Bertz CT molecular complexity index is 733. The van der Waals surface area contributed by atoms with Crippen LogP contribution in [0.15, 0.2) is 42.5 Å². The van der Waals surface area contributed by atoms with Crippen LogP contribution in [0, 0.1) is 0 Å². The molecule has 0 aliphatic rings. The van der Waals surface area contributed by atoms with E-state index in [1.165, 1.54) is 6.07 Å². The van der Waals surface area contributed by atoms with Gasteiger partial charge in [-0.05, 0) is 31.5 Å². The van der Waals surface area contributed by atoms with Gasteiger partial charge < -0.3 is 14.2 Å². The van der Waals surface area contributed by atoms with Gasteiger partial charge in [0, 0.05) is 0 Å². The van der Waals surface area contributed by atoms with E-state index < -0.39 is 17.9 Å². The molecule has 0 unspecified atom stereocenters. The van der Waals surface area contributed by atoms with E-state index in [0.717, 1.165) is 5.56 Å². The summed E-state index contributed by atoms with van der Waals surface area (Å²) in [4.78, 5) is 28.4. The van der Waals surface area contributed by atoms with Crippen LogP contribution in [-0.2, 0) is 25.7 Å². The first-order valence-corrected chi connectivity index (χ1v) is 8.61. The largest absolute Gasteiger partial charge is 0.486 e. The lowest BCUT2D eigenvalue weighted by molar-refractivity contribution is -0.157. The molecule has 0 amide bonds. The highest BCUT2D eigenvalue weighted by molar-refractivity contribution is 6.30. The number of halogens is 1. The molecule has 0 radical (unpaired) electrons. The summed E-state index contributed by atoms with van der Waals surface area (Å²) in [5.41, 5.74) is 1.13. The van der Waals surface area contributed by atoms with Crippen molar-refractivity contribution in [3.05, 3.63) is 58.9 Å². The minimum absolute atomic E-state index is 0.0528. The topological polar surface area (TPSA) is 74.7 Å². The average Bonchev–Trinajstić information content (AvgIpc) is 2.62. The van der Waals surface area contributed by atoms with Gasteiger partial charge in [-0.3, -0.25) is 9.59 Å². The number of benzene rings is 1. The molecule has 138 valence electrons. The van der Waals surface area contributed by atoms with E-state index in [4.69, 9.17) is 25.8 Å². The average molecular weight is 378 g/mol. The molecular formula is C19H20ClNO5. The van der Waals surface area contributed by atoms with Crippen LogP contribution in [0.2, 0.25) is 5.15 Å². The Morgan fingerprint density at radius 3 is 2.15 bits per heavy atom. The molecule has 2 rings (SSSR count). The molecule has 0 spiro atoms. The molecule has 0 N–H and O–H groups in total. The Balaban J connectivity index is 2.18. The Morgan fingerprint density at radius 2 is 1.62 bits per heavy atom. The lowest BCUT2D eigenvalue weighted by Gasteiger charge is -2.15. The summed E-state index contributed by atoms with van der Waals surface area (Å²) in [6.07, 6.45) is 0. The minimum atomic E-state index is -1.28. The van der Waals surface area contributed by atoms with E-state index in [0.29, 0.717) is 12.4 Å². The zero-order chi connectivity index (χ0) is 18.9. The van der Waals surface area contributed by atoms with Gasteiger partial charge in [-0.15, -0.1) is 0 Å². The Hall–Kier alpha value is -2.60. The second-order valence-corrected chi connectivity index (χ2v) is 5.59. The first kappa shape index (κ1) is 19.7. The molecule has 1 heterocycles. The lowest BCUT2D eigenvalue weighted by Crippen LogP contribution is -2.27. The number of nitrogens with zero attached hydrogens (tertiary/aromatic N) is 1. The quantitative estimate of drug-likeness (QED) is 0.398. The normalized spacial score (nSPS) is 10.5. The molecule has 1 aromatic heterocycles. The van der Waals surface area contributed by atoms with Crippen LogP contribution in [0.4, 0.5) is 0 Å². The number of pyridine rings is 1. The van der Waals surface area contributed by atoms with Gasteiger partial charge in [-0.25, -0.2) is 4.98 Å². The zero-order valence-corrected chi connectivity index (χ0v) is 15.4. The van der Waals surface area contributed by atoms with Crippen LogP contribution in [0.5, 0.6) is 5.75 Å². The molecule has 1 aromatic carbocycles. The molecular weight excluding hydrogens is 358 g/mol. The van der Waals surface area contributed by atoms with Crippen molar-refractivity contribution in [3.63, 3.8) is 0 Å². The number of carbonyl (C=O) groups excluding carboxylic acids is 2. The van der Waals surface area contributed by atoms with E-state index in [2.05, 4.69) is 4.98 Å². The van der Waals surface area contributed by atoms with Crippen molar-refractivity contribution in [2.75, 3.05) is 13.2 Å². The van der Waals surface area contributed by atoms with E-state index in [1.54, 1.807) is 19.9 Å². The standard InChI is InChI=1S/C19H20ClNO5/c1-3-24-18(22)16(19(23)25-4-2)14-10-11-15(17(20)21-14)26-12-13-8-6-5-7-9-13/h5-11,16H,3-4,12H2,1-2H3. The van der Waals surface area contributed by atoms with Crippen molar-refractivity contribution in [2.45, 2.75) is 26.4 Å². The molecule has 2 aromatic rings. The number of esters is 2. The van der Waals surface area contributed by atoms with E-state index >= 15 is 0 Å². The van der Waals surface area contributed by atoms with Gasteiger partial charge in [0.1, 0.15) is 6.61 Å². The van der Waals surface area contributed by atoms with Gasteiger partial charge >= 0.3 is 11.9 Å². The molecule has 0 aliphatic carbocycles. The predicted molar refractivity (Wildman–Crippen MR) is 96.0 cm³/mol. The smallest absolute Gasteiger partial charge is 0.326 e. The number of hydrogen-bond donors (Lipinski definition) is 0. The Labute approximate surface area is 157 Å². The first-order chi connectivity index (χ1) is 12.6. The maximum absolute atomic E-state index is 12.1. The highest BCUT2D eigenvalue weighted by atomic mass is 35.5.